The Labute approximate surface area is 208 Å². The van der Waals surface area contributed by atoms with E-state index in [2.05, 4.69) is 9.97 Å². The molecule has 36 heavy (non-hydrogen) atoms. The van der Waals surface area contributed by atoms with Crippen LogP contribution in [-0.2, 0) is 4.79 Å². The molecule has 1 amide bonds. The number of halogens is 3. The van der Waals surface area contributed by atoms with Gasteiger partial charge in [0.25, 0.3) is 0 Å². The van der Waals surface area contributed by atoms with Gasteiger partial charge in [0.15, 0.2) is 0 Å². The van der Waals surface area contributed by atoms with Crippen LogP contribution >= 0.6 is 8.58 Å². The Morgan fingerprint density at radius 1 is 1.19 bits per heavy atom. The number of allylic oxidation sites excluding steroid dienone is 2. The van der Waals surface area contributed by atoms with Crippen LogP contribution in [0.2, 0.25) is 0 Å². The van der Waals surface area contributed by atoms with E-state index in [0.717, 1.165) is 18.9 Å². The zero-order valence-corrected chi connectivity index (χ0v) is 20.6. The lowest BCUT2D eigenvalue weighted by molar-refractivity contribution is -0.132. The number of hydrogen-bond acceptors (Lipinski definition) is 7. The third-order valence-corrected chi connectivity index (χ3v) is 8.18. The molecule has 0 bridgehead atoms. The summed E-state index contributed by atoms with van der Waals surface area (Å²) in [6.45, 7) is 1.23. The molecule has 1 saturated carbocycles. The van der Waals surface area contributed by atoms with Crippen LogP contribution in [-0.4, -0.2) is 51.9 Å². The van der Waals surface area contributed by atoms with Gasteiger partial charge < -0.3 is 21.4 Å². The van der Waals surface area contributed by atoms with Gasteiger partial charge in [-0.15, -0.1) is 0 Å². The van der Waals surface area contributed by atoms with E-state index in [9.17, 15) is 18.0 Å². The summed E-state index contributed by atoms with van der Waals surface area (Å²) in [6, 6.07) is 3.27. The van der Waals surface area contributed by atoms with Crippen molar-refractivity contribution in [2.24, 2.45) is 17.5 Å². The minimum absolute atomic E-state index is 0.0709. The molecular weight excluding hydrogens is 490 g/mol. The van der Waals surface area contributed by atoms with Crippen LogP contribution in [0.25, 0.3) is 16.6 Å². The van der Waals surface area contributed by atoms with Crippen molar-refractivity contribution in [1.82, 2.24) is 14.9 Å². The van der Waals surface area contributed by atoms with Gasteiger partial charge in [0.05, 0.1) is 34.5 Å². The summed E-state index contributed by atoms with van der Waals surface area (Å²) >= 11 is 0. The van der Waals surface area contributed by atoms with Crippen molar-refractivity contribution in [2.75, 3.05) is 23.8 Å². The monoisotopic (exact) mass is 519 g/mol. The summed E-state index contributed by atoms with van der Waals surface area (Å²) in [6.07, 6.45) is 2.31. The first-order chi connectivity index (χ1) is 17.1. The van der Waals surface area contributed by atoms with Gasteiger partial charge in [-0.1, -0.05) is 14.4 Å². The summed E-state index contributed by atoms with van der Waals surface area (Å²) in [5, 5.41) is 1.59. The van der Waals surface area contributed by atoms with Crippen LogP contribution in [0.4, 0.5) is 24.5 Å². The van der Waals surface area contributed by atoms with Crippen LogP contribution in [0.15, 0.2) is 35.8 Å². The Bertz CT molecular complexity index is 1240. The highest BCUT2D eigenvalue weighted by atomic mass is 31.1. The lowest BCUT2D eigenvalue weighted by Crippen LogP contribution is -2.50. The second-order valence-electron chi connectivity index (χ2n) is 9.63. The molecule has 1 saturated heterocycles. The molecule has 1 aliphatic carbocycles. The van der Waals surface area contributed by atoms with Gasteiger partial charge in [0.2, 0.25) is 5.91 Å². The number of rotatable bonds is 5. The molecule has 0 aromatic carbocycles. The SMILES string of the molecule is Nc1cnc2ccc(C3=CPC(N)C(C(F)(F)F)=C3)nc2c1N(N)C1CCN(C(=O)CC2CC2)CC1. The summed E-state index contributed by atoms with van der Waals surface area (Å²) in [4.78, 5) is 23.4. The fraction of sp³-hybridized carbons (Fsp3) is 0.458. The molecule has 3 aliphatic rings. The van der Waals surface area contributed by atoms with Gasteiger partial charge in [0, 0.05) is 31.1 Å². The summed E-state index contributed by atoms with van der Waals surface area (Å²) < 4.78 is 40.3. The molecule has 2 aromatic rings. The van der Waals surface area contributed by atoms with Crippen molar-refractivity contribution in [2.45, 2.75) is 50.1 Å². The van der Waals surface area contributed by atoms with Gasteiger partial charge in [-0.05, 0) is 49.8 Å². The molecule has 2 atom stereocenters. The first-order valence-corrected chi connectivity index (χ1v) is 13.1. The highest BCUT2D eigenvalue weighted by Crippen LogP contribution is 2.42. The average molecular weight is 520 g/mol. The quantitative estimate of drug-likeness (QED) is 0.314. The number of amides is 1. The third kappa shape index (κ3) is 5.05. The van der Waals surface area contributed by atoms with Gasteiger partial charge >= 0.3 is 6.18 Å². The molecule has 2 aliphatic heterocycles. The average Bonchev–Trinajstić information content (AvgIpc) is 3.67. The van der Waals surface area contributed by atoms with Crippen molar-refractivity contribution in [3.63, 3.8) is 0 Å². The molecular formula is C24H29F3N7OP. The minimum Gasteiger partial charge on any atom is -0.396 e. The number of carbonyl (C=O) groups is 1. The number of fused-ring (bicyclic) bond motifs is 1. The van der Waals surface area contributed by atoms with Crippen LogP contribution in [0.3, 0.4) is 0 Å². The first kappa shape index (κ1) is 24.9. The Morgan fingerprint density at radius 2 is 1.92 bits per heavy atom. The molecule has 12 heteroatoms. The van der Waals surface area contributed by atoms with Crippen molar-refractivity contribution < 1.29 is 18.0 Å². The Kier molecular flexibility index (Phi) is 6.65. The normalized spacial score (nSPS) is 22.0. The molecule has 192 valence electrons. The van der Waals surface area contributed by atoms with Gasteiger partial charge in [0.1, 0.15) is 11.2 Å². The van der Waals surface area contributed by atoms with E-state index >= 15 is 0 Å². The summed E-state index contributed by atoms with van der Waals surface area (Å²) in [5.41, 5.74) is 13.7. The zero-order valence-electron chi connectivity index (χ0n) is 19.6. The fourth-order valence-corrected chi connectivity index (χ4v) is 5.76. The smallest absolute Gasteiger partial charge is 0.396 e. The Morgan fingerprint density at radius 3 is 2.58 bits per heavy atom. The van der Waals surface area contributed by atoms with Gasteiger partial charge in [-0.3, -0.25) is 9.78 Å². The maximum absolute atomic E-state index is 13.4. The maximum Gasteiger partial charge on any atom is 0.414 e. The Balaban J connectivity index is 1.41. The number of hydrogen-bond donors (Lipinski definition) is 3. The number of nitrogens with two attached hydrogens (primary N) is 3. The zero-order chi connectivity index (χ0) is 25.6. The number of nitrogens with zero attached hydrogens (tertiary/aromatic N) is 4. The molecule has 0 spiro atoms. The molecule has 2 fully saturated rings. The molecule has 4 heterocycles. The highest BCUT2D eigenvalue weighted by Gasteiger charge is 2.38. The number of alkyl halides is 3. The van der Waals surface area contributed by atoms with Gasteiger partial charge in [-0.2, -0.15) is 13.2 Å². The van der Waals surface area contributed by atoms with E-state index in [4.69, 9.17) is 17.3 Å². The van der Waals surface area contributed by atoms with Crippen molar-refractivity contribution in [3.8, 4) is 0 Å². The molecule has 2 unspecified atom stereocenters. The summed E-state index contributed by atoms with van der Waals surface area (Å²) in [7, 11) is -0.217. The lowest BCUT2D eigenvalue weighted by Gasteiger charge is -2.37. The molecule has 5 rings (SSSR count). The number of piperidine rings is 1. The number of anilines is 2. The Hall–Kier alpha value is -2.75. The number of nitrogen functional groups attached to an aromatic ring is 1. The van der Waals surface area contributed by atoms with E-state index in [1.807, 2.05) is 4.90 Å². The van der Waals surface area contributed by atoms with E-state index in [1.54, 1.807) is 23.0 Å². The second kappa shape index (κ2) is 9.61. The molecule has 2 aromatic heterocycles. The number of hydrazine groups is 1. The van der Waals surface area contributed by atoms with Crippen LogP contribution in [0.1, 0.15) is 37.8 Å². The predicted octanol–water partition coefficient (Wildman–Crippen LogP) is 3.49. The van der Waals surface area contributed by atoms with E-state index in [0.29, 0.717) is 71.9 Å². The van der Waals surface area contributed by atoms with E-state index < -0.39 is 17.5 Å². The van der Waals surface area contributed by atoms with E-state index in [1.165, 1.54) is 6.20 Å². The van der Waals surface area contributed by atoms with Gasteiger partial charge in [-0.25, -0.2) is 10.8 Å². The largest absolute Gasteiger partial charge is 0.414 e. The maximum atomic E-state index is 13.4. The lowest BCUT2D eigenvalue weighted by atomic mass is 10.0. The summed E-state index contributed by atoms with van der Waals surface area (Å²) in [5.74, 6) is 7.91. The number of aromatic nitrogens is 2. The first-order valence-electron chi connectivity index (χ1n) is 12.0. The highest BCUT2D eigenvalue weighted by molar-refractivity contribution is 7.43. The molecule has 8 nitrogen and oxygen atoms in total. The van der Waals surface area contributed by atoms with Crippen LogP contribution < -0.4 is 22.3 Å². The molecule has 6 N–H and O–H groups in total. The van der Waals surface area contributed by atoms with Crippen molar-refractivity contribution in [3.05, 3.63) is 41.5 Å². The number of likely N-dealkylation sites (tertiary alicyclic amines) is 1. The molecule has 0 radical (unpaired) electrons. The van der Waals surface area contributed by atoms with Crippen molar-refractivity contribution in [1.29, 1.82) is 0 Å². The predicted molar refractivity (Wildman–Crippen MR) is 136 cm³/mol. The standard InChI is InChI=1S/C24H29F3N7OP/c25-24(26,27)16-10-14(12-36-23(16)29)18-3-4-19-21(32-18)22(17(28)11-31-19)34(30)15-5-7-33(8-6-15)20(35)9-13-1-2-13/h3-4,10-13,15,23,36H,1-2,5-9,28-30H2. The van der Waals surface area contributed by atoms with Crippen LogP contribution in [0, 0.1) is 5.92 Å². The minimum atomic E-state index is -4.51. The van der Waals surface area contributed by atoms with Crippen LogP contribution in [0.5, 0.6) is 0 Å². The van der Waals surface area contributed by atoms with Crippen molar-refractivity contribution >= 4 is 42.5 Å². The second-order valence-corrected chi connectivity index (χ2v) is 10.9. The number of pyridine rings is 2. The number of carbonyl (C=O) groups excluding carboxylic acids is 1. The third-order valence-electron chi connectivity index (χ3n) is 7.03. The van der Waals surface area contributed by atoms with E-state index in [-0.39, 0.29) is 20.5 Å². The fourth-order valence-electron chi connectivity index (χ4n) is 4.75. The topological polar surface area (TPSA) is 127 Å².